The number of hydrogen-bond acceptors (Lipinski definition) is 3. The van der Waals surface area contributed by atoms with E-state index >= 15 is 0 Å². The van der Waals surface area contributed by atoms with E-state index in [9.17, 15) is 9.59 Å². The molecule has 2 heterocycles. The molecule has 2 rings (SSSR count). The summed E-state index contributed by atoms with van der Waals surface area (Å²) in [7, 11) is 0. The zero-order chi connectivity index (χ0) is 8.01. The number of imide groups is 1. The summed E-state index contributed by atoms with van der Waals surface area (Å²) < 4.78 is 5.13. The number of hydrogen-bond donors (Lipinski definition) is 0. The molecule has 2 aliphatic rings. The van der Waals surface area contributed by atoms with Gasteiger partial charge in [0.1, 0.15) is 6.23 Å². The van der Waals surface area contributed by atoms with Gasteiger partial charge in [-0.25, -0.2) is 0 Å². The Morgan fingerprint density at radius 3 is 2.82 bits per heavy atom. The minimum absolute atomic E-state index is 0.149. The van der Waals surface area contributed by atoms with Gasteiger partial charge in [0.25, 0.3) is 5.91 Å². The van der Waals surface area contributed by atoms with Crippen LogP contribution in [-0.2, 0) is 14.3 Å². The fourth-order valence-corrected chi connectivity index (χ4v) is 1.28. The van der Waals surface area contributed by atoms with Crippen molar-refractivity contribution in [2.75, 3.05) is 0 Å². The van der Waals surface area contributed by atoms with E-state index < -0.39 is 6.10 Å². The first-order chi connectivity index (χ1) is 5.24. The number of amides is 2. The second kappa shape index (κ2) is 1.92. The molecule has 0 aliphatic carbocycles. The van der Waals surface area contributed by atoms with Crippen LogP contribution in [0.1, 0.15) is 6.42 Å². The Balaban J connectivity index is 2.21. The van der Waals surface area contributed by atoms with E-state index in [0.717, 1.165) is 4.90 Å². The molecule has 2 amide bonds. The molecule has 0 aromatic rings. The summed E-state index contributed by atoms with van der Waals surface area (Å²) in [6, 6.07) is 0. The van der Waals surface area contributed by atoms with Gasteiger partial charge in [-0.15, -0.1) is 0 Å². The lowest BCUT2D eigenvalue weighted by Gasteiger charge is -2.29. The minimum Gasteiger partial charge on any atom is -0.340 e. The standard InChI is InChI=1S/C7H7NO3/c1-2-4-7(10)8-5(9)3-6(8)11-4/h2,4,6H,1,3H2/t4-,6-/m1/s1. The van der Waals surface area contributed by atoms with Gasteiger partial charge in [-0.1, -0.05) is 12.7 Å². The van der Waals surface area contributed by atoms with Crippen LogP contribution in [0.15, 0.2) is 12.7 Å². The summed E-state index contributed by atoms with van der Waals surface area (Å²) in [5, 5.41) is 0. The van der Waals surface area contributed by atoms with Crippen LogP contribution in [0.5, 0.6) is 0 Å². The molecule has 0 spiro atoms. The van der Waals surface area contributed by atoms with E-state index in [4.69, 9.17) is 4.74 Å². The average molecular weight is 153 g/mol. The number of fused-ring (bicyclic) bond motifs is 1. The van der Waals surface area contributed by atoms with Crippen molar-refractivity contribution in [2.45, 2.75) is 18.8 Å². The Morgan fingerprint density at radius 1 is 1.64 bits per heavy atom. The fourth-order valence-electron chi connectivity index (χ4n) is 1.28. The fraction of sp³-hybridized carbons (Fsp3) is 0.429. The molecule has 0 radical (unpaired) electrons. The number of carbonyl (C=O) groups excluding carboxylic acids is 2. The maximum absolute atomic E-state index is 11.1. The summed E-state index contributed by atoms with van der Waals surface area (Å²) in [4.78, 5) is 23.0. The van der Waals surface area contributed by atoms with Gasteiger partial charge in [0.05, 0.1) is 6.42 Å². The maximum Gasteiger partial charge on any atom is 0.264 e. The first kappa shape index (κ1) is 6.54. The van der Waals surface area contributed by atoms with Gasteiger partial charge in [-0.05, 0) is 0 Å². The molecule has 0 bridgehead atoms. The van der Waals surface area contributed by atoms with Crippen molar-refractivity contribution in [2.24, 2.45) is 0 Å². The van der Waals surface area contributed by atoms with E-state index in [2.05, 4.69) is 6.58 Å². The molecule has 0 unspecified atom stereocenters. The van der Waals surface area contributed by atoms with E-state index in [1.165, 1.54) is 6.08 Å². The molecular formula is C7H7NO3. The molecule has 0 saturated carbocycles. The molecule has 2 fully saturated rings. The minimum atomic E-state index is -0.605. The zero-order valence-corrected chi connectivity index (χ0v) is 5.82. The second-order valence-corrected chi connectivity index (χ2v) is 2.55. The molecule has 0 aromatic heterocycles. The van der Waals surface area contributed by atoms with Crippen LogP contribution in [0.25, 0.3) is 0 Å². The number of carbonyl (C=O) groups is 2. The van der Waals surface area contributed by atoms with Crippen molar-refractivity contribution >= 4 is 11.8 Å². The largest absolute Gasteiger partial charge is 0.340 e. The zero-order valence-electron chi connectivity index (χ0n) is 5.82. The predicted octanol–water partition coefficient (Wildman–Crippen LogP) is -0.344. The Kier molecular flexibility index (Phi) is 1.14. The highest BCUT2D eigenvalue weighted by molar-refractivity contribution is 6.04. The van der Waals surface area contributed by atoms with Crippen LogP contribution in [0.2, 0.25) is 0 Å². The summed E-state index contributed by atoms with van der Waals surface area (Å²) in [6.45, 7) is 3.43. The summed E-state index contributed by atoms with van der Waals surface area (Å²) >= 11 is 0. The summed E-state index contributed by atoms with van der Waals surface area (Å²) in [6.07, 6.45) is 0.828. The van der Waals surface area contributed by atoms with Gasteiger partial charge in [0, 0.05) is 0 Å². The molecule has 2 aliphatic heterocycles. The van der Waals surface area contributed by atoms with E-state index in [1.54, 1.807) is 0 Å². The van der Waals surface area contributed by atoms with Crippen LogP contribution in [0, 0.1) is 0 Å². The molecule has 0 N–H and O–H groups in total. The van der Waals surface area contributed by atoms with Crippen LogP contribution in [-0.4, -0.2) is 29.0 Å². The third kappa shape index (κ3) is 0.670. The molecule has 2 saturated heterocycles. The van der Waals surface area contributed by atoms with Gasteiger partial charge < -0.3 is 4.74 Å². The van der Waals surface area contributed by atoms with E-state index in [0.29, 0.717) is 6.42 Å². The summed E-state index contributed by atoms with van der Waals surface area (Å²) in [5.41, 5.74) is 0. The van der Waals surface area contributed by atoms with Crippen LogP contribution >= 0.6 is 0 Å². The van der Waals surface area contributed by atoms with Gasteiger partial charge in [-0.2, -0.15) is 0 Å². The Labute approximate surface area is 63.4 Å². The third-order valence-electron chi connectivity index (χ3n) is 1.90. The molecule has 11 heavy (non-hydrogen) atoms. The lowest BCUT2D eigenvalue weighted by Crippen LogP contribution is -2.51. The predicted molar refractivity (Wildman–Crippen MR) is 35.3 cm³/mol. The van der Waals surface area contributed by atoms with E-state index in [1.807, 2.05) is 0 Å². The van der Waals surface area contributed by atoms with Crippen molar-refractivity contribution in [3.05, 3.63) is 12.7 Å². The first-order valence-corrected chi connectivity index (χ1v) is 3.38. The lowest BCUT2D eigenvalue weighted by molar-refractivity contribution is -0.160. The highest BCUT2D eigenvalue weighted by atomic mass is 16.5. The van der Waals surface area contributed by atoms with Gasteiger partial charge >= 0.3 is 0 Å². The van der Waals surface area contributed by atoms with Crippen molar-refractivity contribution in [1.29, 1.82) is 0 Å². The van der Waals surface area contributed by atoms with Crippen molar-refractivity contribution in [1.82, 2.24) is 4.90 Å². The number of ether oxygens (including phenoxy) is 1. The first-order valence-electron chi connectivity index (χ1n) is 3.38. The molecule has 0 aromatic carbocycles. The summed E-state index contributed by atoms with van der Waals surface area (Å²) in [5.74, 6) is -0.425. The van der Waals surface area contributed by atoms with E-state index in [-0.39, 0.29) is 18.0 Å². The molecule has 4 nitrogen and oxygen atoms in total. The highest BCUT2D eigenvalue weighted by Crippen LogP contribution is 2.29. The average Bonchev–Trinajstić information content (AvgIpc) is 2.20. The third-order valence-corrected chi connectivity index (χ3v) is 1.90. The van der Waals surface area contributed by atoms with Gasteiger partial charge in [0.15, 0.2) is 6.10 Å². The molecule has 58 valence electrons. The van der Waals surface area contributed by atoms with Crippen LogP contribution < -0.4 is 0 Å². The second-order valence-electron chi connectivity index (χ2n) is 2.55. The Hall–Kier alpha value is -1.16. The van der Waals surface area contributed by atoms with Crippen molar-refractivity contribution in [3.8, 4) is 0 Å². The Bertz CT molecular complexity index is 248. The highest BCUT2D eigenvalue weighted by Gasteiger charge is 2.50. The molecule has 4 heteroatoms. The number of rotatable bonds is 1. The SMILES string of the molecule is C=C[C@H]1O[C@@H]2CC(=O)N2C1=O. The molecular weight excluding hydrogens is 146 g/mol. The number of nitrogens with zero attached hydrogens (tertiary/aromatic N) is 1. The van der Waals surface area contributed by atoms with Crippen LogP contribution in [0.4, 0.5) is 0 Å². The normalized spacial score (nSPS) is 35.1. The van der Waals surface area contributed by atoms with Gasteiger partial charge in [0.2, 0.25) is 5.91 Å². The smallest absolute Gasteiger partial charge is 0.264 e. The van der Waals surface area contributed by atoms with Crippen LogP contribution in [0.3, 0.4) is 0 Å². The lowest BCUT2D eigenvalue weighted by atomic mass is 10.2. The monoisotopic (exact) mass is 153 g/mol. The number of β-lactam (4-membered cyclic amide) rings is 1. The van der Waals surface area contributed by atoms with Crippen molar-refractivity contribution in [3.63, 3.8) is 0 Å². The maximum atomic E-state index is 11.1. The van der Waals surface area contributed by atoms with Gasteiger partial charge in [-0.3, -0.25) is 14.5 Å². The molecule has 2 atom stereocenters. The quantitative estimate of drug-likeness (QED) is 0.294. The Morgan fingerprint density at radius 2 is 2.36 bits per heavy atom. The topological polar surface area (TPSA) is 46.6 Å². The van der Waals surface area contributed by atoms with Crippen molar-refractivity contribution < 1.29 is 14.3 Å².